The quantitative estimate of drug-likeness (QED) is 0.256. The topological polar surface area (TPSA) is 40.5 Å². The number of hydrogen-bond acceptors (Lipinski definition) is 2. The molecular formula is C40H60O2. The molecular weight excluding hydrogens is 512 g/mol. The molecule has 2 N–H and O–H groups in total. The van der Waals surface area contributed by atoms with Crippen molar-refractivity contribution in [1.29, 1.82) is 0 Å². The number of aliphatic hydroxyl groups excluding tert-OH is 2. The Balaban J connectivity index is 1.86. The molecule has 42 heavy (non-hydrogen) atoms. The van der Waals surface area contributed by atoms with Crippen molar-refractivity contribution in [2.45, 2.75) is 107 Å². The highest BCUT2D eigenvalue weighted by molar-refractivity contribution is 5.32. The van der Waals surface area contributed by atoms with Gasteiger partial charge in [-0.3, -0.25) is 0 Å². The first-order valence-electron chi connectivity index (χ1n) is 16.0. The van der Waals surface area contributed by atoms with Crippen molar-refractivity contribution in [3.8, 4) is 0 Å². The summed E-state index contributed by atoms with van der Waals surface area (Å²) in [6.45, 7) is 22.2. The predicted molar refractivity (Wildman–Crippen MR) is 184 cm³/mol. The molecule has 0 heterocycles. The Morgan fingerprint density at radius 3 is 1.17 bits per heavy atom. The summed E-state index contributed by atoms with van der Waals surface area (Å²) in [6.07, 6.45) is 33.6. The molecule has 0 spiro atoms. The van der Waals surface area contributed by atoms with Crippen molar-refractivity contribution in [3.63, 3.8) is 0 Å². The van der Waals surface area contributed by atoms with Gasteiger partial charge < -0.3 is 10.2 Å². The SMILES string of the molecule is CC(C=CC=C(C)C=CC1C(C)C[C@@H](O)CC1(C)C)=CC=CC=C(C)C=CC=C(C)C=C[C@H]1C(C)C[C@H](O)CC1(C)C. The summed E-state index contributed by atoms with van der Waals surface area (Å²) < 4.78 is 0. The normalized spacial score (nSPS) is 31.9. The molecule has 3 unspecified atom stereocenters. The summed E-state index contributed by atoms with van der Waals surface area (Å²) in [4.78, 5) is 0. The van der Waals surface area contributed by atoms with Gasteiger partial charge in [-0.05, 0) is 87.9 Å². The molecule has 0 aliphatic heterocycles. The van der Waals surface area contributed by atoms with Gasteiger partial charge in [0.2, 0.25) is 0 Å². The average Bonchev–Trinajstić information content (AvgIpc) is 2.84. The zero-order valence-corrected chi connectivity index (χ0v) is 28.3. The molecule has 2 aliphatic rings. The summed E-state index contributed by atoms with van der Waals surface area (Å²) in [7, 11) is 0. The Bertz CT molecular complexity index is 1050. The van der Waals surface area contributed by atoms with Crippen LogP contribution < -0.4 is 0 Å². The fourth-order valence-electron chi connectivity index (χ4n) is 7.10. The Morgan fingerprint density at radius 2 is 0.833 bits per heavy atom. The second-order valence-electron chi connectivity index (χ2n) is 14.6. The van der Waals surface area contributed by atoms with Crippen molar-refractivity contribution in [2.75, 3.05) is 0 Å². The van der Waals surface area contributed by atoms with Gasteiger partial charge in [-0.1, -0.05) is 149 Å². The van der Waals surface area contributed by atoms with Gasteiger partial charge in [0, 0.05) is 0 Å². The fourth-order valence-corrected chi connectivity index (χ4v) is 7.10. The van der Waals surface area contributed by atoms with E-state index in [-0.39, 0.29) is 23.0 Å². The molecule has 2 saturated carbocycles. The summed E-state index contributed by atoms with van der Waals surface area (Å²) in [5.74, 6) is 1.97. The minimum Gasteiger partial charge on any atom is -0.393 e. The van der Waals surface area contributed by atoms with Gasteiger partial charge in [0.15, 0.2) is 0 Å². The van der Waals surface area contributed by atoms with Crippen molar-refractivity contribution < 1.29 is 10.2 Å². The van der Waals surface area contributed by atoms with Crippen LogP contribution in [0.1, 0.15) is 94.9 Å². The molecule has 2 aliphatic carbocycles. The van der Waals surface area contributed by atoms with Crippen LogP contribution in [0.3, 0.4) is 0 Å². The van der Waals surface area contributed by atoms with E-state index < -0.39 is 0 Å². The smallest absolute Gasteiger partial charge is 0.0548 e. The molecule has 0 aromatic carbocycles. The molecule has 0 saturated heterocycles. The maximum Gasteiger partial charge on any atom is 0.0548 e. The first-order chi connectivity index (χ1) is 19.6. The third-order valence-electron chi connectivity index (χ3n) is 9.24. The first-order valence-corrected chi connectivity index (χ1v) is 16.0. The van der Waals surface area contributed by atoms with Gasteiger partial charge in [-0.15, -0.1) is 0 Å². The minimum atomic E-state index is -0.167. The number of allylic oxidation sites excluding steroid dienone is 18. The van der Waals surface area contributed by atoms with Crippen molar-refractivity contribution in [2.24, 2.45) is 34.5 Å². The molecule has 0 aromatic heterocycles. The number of rotatable bonds is 10. The lowest BCUT2D eigenvalue weighted by Gasteiger charge is -2.43. The van der Waals surface area contributed by atoms with E-state index in [9.17, 15) is 10.2 Å². The van der Waals surface area contributed by atoms with E-state index in [0.717, 1.165) is 25.7 Å². The second kappa shape index (κ2) is 16.4. The zero-order valence-electron chi connectivity index (χ0n) is 28.3. The summed E-state index contributed by atoms with van der Waals surface area (Å²) >= 11 is 0. The lowest BCUT2D eigenvalue weighted by molar-refractivity contribution is 0.00726. The molecule has 2 heteroatoms. The number of aliphatic hydroxyl groups is 2. The monoisotopic (exact) mass is 572 g/mol. The molecule has 0 aromatic rings. The molecule has 232 valence electrons. The van der Waals surface area contributed by atoms with Gasteiger partial charge >= 0.3 is 0 Å². The third-order valence-corrected chi connectivity index (χ3v) is 9.24. The van der Waals surface area contributed by atoms with Crippen molar-refractivity contribution in [3.05, 3.63) is 107 Å². The second-order valence-corrected chi connectivity index (χ2v) is 14.6. The predicted octanol–water partition coefficient (Wildman–Crippen LogP) is 10.4. The molecule has 0 radical (unpaired) electrons. The molecule has 2 fully saturated rings. The van der Waals surface area contributed by atoms with Gasteiger partial charge in [0.05, 0.1) is 12.2 Å². The highest BCUT2D eigenvalue weighted by Gasteiger charge is 2.39. The van der Waals surface area contributed by atoms with Crippen LogP contribution in [0.5, 0.6) is 0 Å². The summed E-state index contributed by atoms with van der Waals surface area (Å²) in [5.41, 5.74) is 5.13. The highest BCUT2D eigenvalue weighted by atomic mass is 16.3. The van der Waals surface area contributed by atoms with E-state index in [1.54, 1.807) is 0 Å². The molecule has 2 nitrogen and oxygen atoms in total. The van der Waals surface area contributed by atoms with Gasteiger partial charge in [-0.25, -0.2) is 0 Å². The molecule has 2 rings (SSSR count). The van der Waals surface area contributed by atoms with Crippen LogP contribution in [0.2, 0.25) is 0 Å². The van der Waals surface area contributed by atoms with Gasteiger partial charge in [0.1, 0.15) is 0 Å². The lowest BCUT2D eigenvalue weighted by Crippen LogP contribution is -2.38. The minimum absolute atomic E-state index is 0.127. The zero-order chi connectivity index (χ0) is 31.5. The van der Waals surface area contributed by atoms with E-state index in [1.165, 1.54) is 22.3 Å². The average molecular weight is 573 g/mol. The van der Waals surface area contributed by atoms with Crippen LogP contribution in [0.15, 0.2) is 107 Å². The van der Waals surface area contributed by atoms with Crippen LogP contribution >= 0.6 is 0 Å². The first kappa shape index (κ1) is 35.8. The van der Waals surface area contributed by atoms with Gasteiger partial charge in [-0.2, -0.15) is 0 Å². The van der Waals surface area contributed by atoms with Gasteiger partial charge in [0.25, 0.3) is 0 Å². The third kappa shape index (κ3) is 12.1. The van der Waals surface area contributed by atoms with Crippen LogP contribution in [0, 0.1) is 34.5 Å². The maximum absolute atomic E-state index is 10.1. The number of hydrogen-bond donors (Lipinski definition) is 2. The standard InChI is InChI=1S/C40H60O2/c1-29(17-13-19-31(3)21-23-37-33(5)25-35(41)27-39(37,7)8)15-11-12-16-30(2)18-14-20-32(4)22-24-38-34(6)26-36(42)28-40(38,9)10/h11-24,33-38,41-42H,25-28H2,1-10H3/t33?,34?,35-,36+,37-,38?/m0/s1. The molecule has 0 bridgehead atoms. The van der Waals surface area contributed by atoms with E-state index in [0.29, 0.717) is 23.7 Å². The molecule has 0 amide bonds. The summed E-state index contributed by atoms with van der Waals surface area (Å²) in [5, 5.41) is 20.3. The Labute approximate surface area is 258 Å². The lowest BCUT2D eigenvalue weighted by atomic mass is 9.63. The highest BCUT2D eigenvalue weighted by Crippen LogP contribution is 2.45. The van der Waals surface area contributed by atoms with Crippen LogP contribution in [-0.2, 0) is 0 Å². The van der Waals surface area contributed by atoms with Crippen molar-refractivity contribution in [1.82, 2.24) is 0 Å². The van der Waals surface area contributed by atoms with E-state index in [2.05, 4.69) is 154 Å². The Morgan fingerprint density at radius 1 is 0.524 bits per heavy atom. The largest absolute Gasteiger partial charge is 0.393 e. The van der Waals surface area contributed by atoms with Crippen LogP contribution in [0.25, 0.3) is 0 Å². The molecule has 6 atom stereocenters. The Kier molecular flexibility index (Phi) is 14.0. The van der Waals surface area contributed by atoms with Crippen LogP contribution in [0.4, 0.5) is 0 Å². The van der Waals surface area contributed by atoms with Crippen LogP contribution in [-0.4, -0.2) is 22.4 Å². The van der Waals surface area contributed by atoms with E-state index >= 15 is 0 Å². The Hall–Kier alpha value is -2.42. The summed E-state index contributed by atoms with van der Waals surface area (Å²) in [6, 6.07) is 0. The van der Waals surface area contributed by atoms with Crippen molar-refractivity contribution >= 4 is 0 Å². The fraction of sp³-hybridized carbons (Fsp3) is 0.550. The maximum atomic E-state index is 10.1. The van der Waals surface area contributed by atoms with E-state index in [4.69, 9.17) is 0 Å². The van der Waals surface area contributed by atoms with E-state index in [1.807, 2.05) is 0 Å².